The Morgan fingerprint density at radius 1 is 1.11 bits per heavy atom. The van der Waals surface area contributed by atoms with Gasteiger partial charge in [-0.2, -0.15) is 0 Å². The number of hydrogen-bond acceptors (Lipinski definition) is 6. The van der Waals surface area contributed by atoms with Gasteiger partial charge in [-0.05, 0) is 30.3 Å². The number of nitro groups is 1. The van der Waals surface area contributed by atoms with E-state index in [2.05, 4.69) is 9.88 Å². The Hall–Kier alpha value is -2.42. The van der Waals surface area contributed by atoms with Gasteiger partial charge in [-0.1, -0.05) is 34.5 Å². The molecule has 0 N–H and O–H groups in total. The molecule has 0 bridgehead atoms. The first-order valence-electron chi connectivity index (χ1n) is 8.46. The van der Waals surface area contributed by atoms with Gasteiger partial charge >= 0.3 is 0 Å². The van der Waals surface area contributed by atoms with Crippen molar-refractivity contribution in [1.82, 2.24) is 9.88 Å². The number of piperazine rings is 1. The summed E-state index contributed by atoms with van der Waals surface area (Å²) in [6, 6.07) is 9.73. The van der Waals surface area contributed by atoms with Crippen molar-refractivity contribution >= 4 is 61.5 Å². The second-order valence-corrected chi connectivity index (χ2v) is 8.16. The Labute approximate surface area is 174 Å². The molecule has 1 saturated heterocycles. The van der Waals surface area contributed by atoms with Crippen LogP contribution >= 0.6 is 34.5 Å². The summed E-state index contributed by atoms with van der Waals surface area (Å²) in [5.74, 6) is -0.240. The highest BCUT2D eigenvalue weighted by Crippen LogP contribution is 2.31. The van der Waals surface area contributed by atoms with E-state index in [0.717, 1.165) is 15.3 Å². The Kier molecular flexibility index (Phi) is 5.09. The van der Waals surface area contributed by atoms with Gasteiger partial charge in [0.15, 0.2) is 5.13 Å². The van der Waals surface area contributed by atoms with Crippen molar-refractivity contribution in [2.45, 2.75) is 0 Å². The van der Waals surface area contributed by atoms with E-state index in [1.165, 1.54) is 18.2 Å². The molecule has 0 spiro atoms. The Morgan fingerprint density at radius 2 is 1.86 bits per heavy atom. The first-order chi connectivity index (χ1) is 13.4. The summed E-state index contributed by atoms with van der Waals surface area (Å²) in [7, 11) is 0. The summed E-state index contributed by atoms with van der Waals surface area (Å²) >= 11 is 13.4. The number of carbonyl (C=O) groups is 1. The number of anilines is 1. The molecule has 1 aliphatic rings. The number of benzene rings is 2. The van der Waals surface area contributed by atoms with E-state index >= 15 is 0 Å². The average molecular weight is 437 g/mol. The number of nitro benzene ring substituents is 1. The highest BCUT2D eigenvalue weighted by atomic mass is 35.5. The van der Waals surface area contributed by atoms with Crippen molar-refractivity contribution in [1.29, 1.82) is 0 Å². The fourth-order valence-electron chi connectivity index (χ4n) is 3.09. The van der Waals surface area contributed by atoms with Crippen LogP contribution in [0, 0.1) is 10.1 Å². The van der Waals surface area contributed by atoms with Crippen LogP contribution in [0.3, 0.4) is 0 Å². The lowest BCUT2D eigenvalue weighted by molar-refractivity contribution is -0.384. The van der Waals surface area contributed by atoms with Gasteiger partial charge < -0.3 is 9.80 Å². The lowest BCUT2D eigenvalue weighted by Crippen LogP contribution is -2.48. The van der Waals surface area contributed by atoms with Crippen LogP contribution in [0.2, 0.25) is 10.0 Å². The number of aromatic nitrogens is 1. The Bertz CT molecular complexity index is 1080. The van der Waals surface area contributed by atoms with Gasteiger partial charge in [-0.3, -0.25) is 14.9 Å². The molecule has 0 radical (unpaired) electrons. The topological polar surface area (TPSA) is 79.6 Å². The van der Waals surface area contributed by atoms with Crippen molar-refractivity contribution in [3.8, 4) is 0 Å². The second-order valence-electron chi connectivity index (χ2n) is 6.31. The zero-order valence-corrected chi connectivity index (χ0v) is 16.8. The molecule has 0 unspecified atom stereocenters. The third kappa shape index (κ3) is 3.63. The van der Waals surface area contributed by atoms with Crippen LogP contribution < -0.4 is 4.90 Å². The molecule has 1 aliphatic heterocycles. The largest absolute Gasteiger partial charge is 0.345 e. The number of halogens is 2. The summed E-state index contributed by atoms with van der Waals surface area (Å²) in [5.41, 5.74) is 0.898. The molecule has 1 amide bonds. The quantitative estimate of drug-likeness (QED) is 0.446. The highest BCUT2D eigenvalue weighted by Gasteiger charge is 2.25. The van der Waals surface area contributed by atoms with E-state index in [1.54, 1.807) is 16.2 Å². The van der Waals surface area contributed by atoms with Gasteiger partial charge in [0.2, 0.25) is 0 Å². The lowest BCUT2D eigenvalue weighted by Gasteiger charge is -2.34. The summed E-state index contributed by atoms with van der Waals surface area (Å²) in [4.78, 5) is 31.6. The van der Waals surface area contributed by atoms with E-state index < -0.39 is 4.92 Å². The third-order valence-corrected chi connectivity index (χ3v) is 6.20. The molecular formula is C18H14Cl2N4O3S. The number of hydrogen-bond donors (Lipinski definition) is 0. The van der Waals surface area contributed by atoms with Gasteiger partial charge in [-0.25, -0.2) is 4.98 Å². The molecule has 28 heavy (non-hydrogen) atoms. The van der Waals surface area contributed by atoms with Crippen LogP contribution in [0.5, 0.6) is 0 Å². The zero-order valence-electron chi connectivity index (χ0n) is 14.5. The lowest BCUT2D eigenvalue weighted by atomic mass is 10.1. The fraction of sp³-hybridized carbons (Fsp3) is 0.222. The van der Waals surface area contributed by atoms with E-state index in [1.807, 2.05) is 18.2 Å². The van der Waals surface area contributed by atoms with Crippen LogP contribution in [0.4, 0.5) is 10.8 Å². The normalized spacial score (nSPS) is 14.5. The number of carbonyl (C=O) groups excluding carboxylic acids is 1. The second kappa shape index (κ2) is 7.54. The van der Waals surface area contributed by atoms with Crippen LogP contribution in [0.1, 0.15) is 10.4 Å². The molecule has 0 aliphatic carbocycles. The van der Waals surface area contributed by atoms with Crippen LogP contribution in [0.15, 0.2) is 36.4 Å². The molecule has 7 nitrogen and oxygen atoms in total. The maximum atomic E-state index is 12.7. The third-order valence-electron chi connectivity index (χ3n) is 4.57. The van der Waals surface area contributed by atoms with Gasteiger partial charge in [-0.15, -0.1) is 0 Å². The molecule has 2 heterocycles. The molecule has 4 rings (SSSR count). The van der Waals surface area contributed by atoms with Crippen molar-refractivity contribution in [3.63, 3.8) is 0 Å². The van der Waals surface area contributed by atoms with Crippen molar-refractivity contribution in [3.05, 3.63) is 62.1 Å². The van der Waals surface area contributed by atoms with E-state index in [9.17, 15) is 14.9 Å². The molecular weight excluding hydrogens is 423 g/mol. The van der Waals surface area contributed by atoms with Crippen molar-refractivity contribution < 1.29 is 9.72 Å². The van der Waals surface area contributed by atoms with E-state index in [0.29, 0.717) is 31.2 Å². The Morgan fingerprint density at radius 3 is 2.57 bits per heavy atom. The summed E-state index contributed by atoms with van der Waals surface area (Å²) < 4.78 is 1.02. The summed E-state index contributed by atoms with van der Waals surface area (Å²) in [5, 5.41) is 12.6. The zero-order chi connectivity index (χ0) is 19.8. The van der Waals surface area contributed by atoms with Crippen LogP contribution in [0.25, 0.3) is 10.2 Å². The summed E-state index contributed by atoms with van der Waals surface area (Å²) in [6.07, 6.45) is 0. The number of thiazole rings is 1. The predicted molar refractivity (Wildman–Crippen MR) is 111 cm³/mol. The molecule has 10 heteroatoms. The van der Waals surface area contributed by atoms with E-state index in [-0.39, 0.29) is 22.2 Å². The minimum absolute atomic E-state index is 0.0160. The minimum atomic E-state index is -0.587. The number of fused-ring (bicyclic) bond motifs is 1. The number of nitrogens with zero attached hydrogens (tertiary/aromatic N) is 4. The average Bonchev–Trinajstić information content (AvgIpc) is 3.11. The van der Waals surface area contributed by atoms with Crippen LogP contribution in [-0.4, -0.2) is 46.9 Å². The van der Waals surface area contributed by atoms with E-state index in [4.69, 9.17) is 23.2 Å². The smallest absolute Gasteiger partial charge is 0.288 e. The highest BCUT2D eigenvalue weighted by molar-refractivity contribution is 7.22. The molecule has 0 saturated carbocycles. The standard InChI is InChI=1S/C18H14Cl2N4O3S/c19-12-2-4-14-16(10-12)28-18(21-14)23-7-5-22(6-8-23)17(25)11-1-3-13(20)15(9-11)24(26)27/h1-4,9-10H,5-8H2. The fourth-order valence-corrected chi connectivity index (χ4v) is 4.57. The number of amides is 1. The van der Waals surface area contributed by atoms with Gasteiger partial charge in [0.25, 0.3) is 11.6 Å². The molecule has 1 aromatic heterocycles. The maximum absolute atomic E-state index is 12.7. The summed E-state index contributed by atoms with van der Waals surface area (Å²) in [6.45, 7) is 2.28. The first-order valence-corrected chi connectivity index (χ1v) is 10.0. The Balaban J connectivity index is 1.46. The van der Waals surface area contributed by atoms with Gasteiger partial charge in [0, 0.05) is 42.8 Å². The SMILES string of the molecule is O=C(c1ccc(Cl)c([N+](=O)[O-])c1)N1CCN(c2nc3ccc(Cl)cc3s2)CC1. The van der Waals surface area contributed by atoms with Crippen LogP contribution in [-0.2, 0) is 0 Å². The molecule has 2 aromatic carbocycles. The number of rotatable bonds is 3. The van der Waals surface area contributed by atoms with Crippen molar-refractivity contribution in [2.75, 3.05) is 31.1 Å². The molecule has 1 fully saturated rings. The molecule has 144 valence electrons. The minimum Gasteiger partial charge on any atom is -0.345 e. The molecule has 3 aromatic rings. The predicted octanol–water partition coefficient (Wildman–Crippen LogP) is 4.47. The van der Waals surface area contributed by atoms with Gasteiger partial charge in [0.1, 0.15) is 5.02 Å². The monoisotopic (exact) mass is 436 g/mol. The van der Waals surface area contributed by atoms with Crippen molar-refractivity contribution in [2.24, 2.45) is 0 Å². The first kappa shape index (κ1) is 18.9. The maximum Gasteiger partial charge on any atom is 0.288 e. The van der Waals surface area contributed by atoms with Gasteiger partial charge in [0.05, 0.1) is 15.1 Å². The molecule has 0 atom stereocenters.